The van der Waals surface area contributed by atoms with E-state index in [4.69, 9.17) is 23.2 Å². The average molecular weight is 525 g/mol. The van der Waals surface area contributed by atoms with Gasteiger partial charge in [-0.3, -0.25) is 14.3 Å². The lowest BCUT2D eigenvalue weighted by molar-refractivity contribution is -0.128. The molecule has 7 nitrogen and oxygen atoms in total. The zero-order valence-electron chi connectivity index (χ0n) is 18.7. The molecule has 0 spiro atoms. The molecule has 0 saturated carbocycles. The highest BCUT2D eigenvalue weighted by Gasteiger charge is 2.24. The smallest absolute Gasteiger partial charge is 0.233 e. The number of piperazine rings is 1. The third kappa shape index (κ3) is 5.29. The second kappa shape index (κ2) is 10.7. The Morgan fingerprint density at radius 3 is 2.43 bits per heavy atom. The summed E-state index contributed by atoms with van der Waals surface area (Å²) >= 11 is 14.0. The lowest BCUT2D eigenvalue weighted by Gasteiger charge is -2.36. The molecule has 2 aromatic heterocycles. The number of halogens is 2. The van der Waals surface area contributed by atoms with Crippen LogP contribution in [0.2, 0.25) is 10.0 Å². The number of amides is 1. The molecule has 5 rings (SSSR count). The fraction of sp³-hybridized carbons (Fsp3) is 0.200. The first-order valence-corrected chi connectivity index (χ1v) is 12.9. The number of rotatable bonds is 6. The number of pyridine rings is 1. The Morgan fingerprint density at radius 1 is 0.914 bits per heavy atom. The minimum absolute atomic E-state index is 0.0694. The fourth-order valence-corrected chi connectivity index (χ4v) is 5.26. The summed E-state index contributed by atoms with van der Waals surface area (Å²) in [6, 6.07) is 19.1. The summed E-state index contributed by atoms with van der Waals surface area (Å²) < 4.78 is 1.90. The van der Waals surface area contributed by atoms with Crippen LogP contribution in [0, 0.1) is 0 Å². The number of para-hydroxylation sites is 1. The summed E-state index contributed by atoms with van der Waals surface area (Å²) in [6.07, 6.45) is 3.42. The van der Waals surface area contributed by atoms with Crippen molar-refractivity contribution in [1.29, 1.82) is 0 Å². The highest BCUT2D eigenvalue weighted by atomic mass is 35.5. The molecule has 1 saturated heterocycles. The first-order valence-electron chi connectivity index (χ1n) is 11.1. The standard InChI is InChI=1S/C25H22Cl2N6OS/c26-19-4-3-5-20(16-19)31-12-14-32(15-13-31)23(34)17-35-25-30-29-24(18-8-10-28-11-9-18)33(25)22-7-2-1-6-21(22)27/h1-11,16H,12-15,17H2. The molecule has 1 aliphatic rings. The van der Waals surface area contributed by atoms with Crippen molar-refractivity contribution in [2.75, 3.05) is 36.8 Å². The maximum absolute atomic E-state index is 13.0. The van der Waals surface area contributed by atoms with Gasteiger partial charge in [-0.1, -0.05) is 53.2 Å². The van der Waals surface area contributed by atoms with E-state index < -0.39 is 0 Å². The van der Waals surface area contributed by atoms with Crippen LogP contribution in [-0.2, 0) is 4.79 Å². The molecule has 0 bridgehead atoms. The van der Waals surface area contributed by atoms with Gasteiger partial charge in [0.2, 0.25) is 5.91 Å². The topological polar surface area (TPSA) is 67.2 Å². The molecule has 4 aromatic rings. The second-order valence-corrected chi connectivity index (χ2v) is 9.75. The van der Waals surface area contributed by atoms with Crippen LogP contribution in [0.15, 0.2) is 78.2 Å². The summed E-state index contributed by atoms with van der Waals surface area (Å²) in [6.45, 7) is 2.84. The van der Waals surface area contributed by atoms with Crippen molar-refractivity contribution in [2.45, 2.75) is 5.16 Å². The lowest BCUT2D eigenvalue weighted by Crippen LogP contribution is -2.49. The monoisotopic (exact) mass is 524 g/mol. The number of hydrogen-bond acceptors (Lipinski definition) is 6. The van der Waals surface area contributed by atoms with E-state index in [-0.39, 0.29) is 11.7 Å². The van der Waals surface area contributed by atoms with Crippen LogP contribution in [-0.4, -0.2) is 62.5 Å². The van der Waals surface area contributed by atoms with Gasteiger partial charge >= 0.3 is 0 Å². The number of carbonyl (C=O) groups is 1. The van der Waals surface area contributed by atoms with Crippen LogP contribution >= 0.6 is 35.0 Å². The second-order valence-electron chi connectivity index (χ2n) is 7.97. The molecule has 0 aliphatic carbocycles. The first kappa shape index (κ1) is 23.7. The van der Waals surface area contributed by atoms with Gasteiger partial charge in [0, 0.05) is 54.8 Å². The Hall–Kier alpha value is -3.07. The van der Waals surface area contributed by atoms with Crippen LogP contribution in [0.4, 0.5) is 5.69 Å². The van der Waals surface area contributed by atoms with E-state index in [1.54, 1.807) is 12.4 Å². The summed E-state index contributed by atoms with van der Waals surface area (Å²) in [5.41, 5.74) is 2.70. The minimum Gasteiger partial charge on any atom is -0.368 e. The number of anilines is 1. The molecule has 0 atom stereocenters. The van der Waals surface area contributed by atoms with Crippen LogP contribution in [0.5, 0.6) is 0 Å². The van der Waals surface area contributed by atoms with Gasteiger partial charge in [0.05, 0.1) is 16.5 Å². The van der Waals surface area contributed by atoms with Crippen molar-refractivity contribution in [3.05, 3.63) is 83.1 Å². The highest BCUT2D eigenvalue weighted by Crippen LogP contribution is 2.31. The first-order chi connectivity index (χ1) is 17.1. The molecule has 1 aliphatic heterocycles. The lowest BCUT2D eigenvalue weighted by atomic mass is 10.2. The average Bonchev–Trinajstić information content (AvgIpc) is 3.32. The molecule has 0 radical (unpaired) electrons. The van der Waals surface area contributed by atoms with E-state index in [2.05, 4.69) is 20.1 Å². The molecule has 1 amide bonds. The Morgan fingerprint density at radius 2 is 1.69 bits per heavy atom. The van der Waals surface area contributed by atoms with Crippen molar-refractivity contribution in [3.63, 3.8) is 0 Å². The van der Waals surface area contributed by atoms with E-state index in [9.17, 15) is 4.79 Å². The van der Waals surface area contributed by atoms with Crippen molar-refractivity contribution in [2.24, 2.45) is 0 Å². The van der Waals surface area contributed by atoms with Crippen molar-refractivity contribution < 1.29 is 4.79 Å². The van der Waals surface area contributed by atoms with Gasteiger partial charge in [-0.05, 0) is 42.5 Å². The van der Waals surface area contributed by atoms with Crippen molar-refractivity contribution >= 4 is 46.6 Å². The third-order valence-electron chi connectivity index (χ3n) is 5.80. The molecule has 178 valence electrons. The van der Waals surface area contributed by atoms with E-state index in [0.29, 0.717) is 34.1 Å². The fourth-order valence-electron chi connectivity index (χ4n) is 4.01. The molecule has 0 N–H and O–H groups in total. The summed E-state index contributed by atoms with van der Waals surface area (Å²) in [4.78, 5) is 21.3. The molecule has 2 aromatic carbocycles. The van der Waals surface area contributed by atoms with Crippen LogP contribution in [0.25, 0.3) is 17.1 Å². The third-order valence-corrected chi connectivity index (χ3v) is 7.26. The summed E-state index contributed by atoms with van der Waals surface area (Å²) in [7, 11) is 0. The van der Waals surface area contributed by atoms with E-state index in [1.165, 1.54) is 11.8 Å². The van der Waals surface area contributed by atoms with Crippen molar-refractivity contribution in [3.8, 4) is 17.1 Å². The maximum atomic E-state index is 13.0. The van der Waals surface area contributed by atoms with Gasteiger partial charge in [0.1, 0.15) is 0 Å². The Labute approximate surface area is 217 Å². The van der Waals surface area contributed by atoms with Crippen LogP contribution in [0.3, 0.4) is 0 Å². The molecular weight excluding hydrogens is 503 g/mol. The van der Waals surface area contributed by atoms with E-state index in [0.717, 1.165) is 30.0 Å². The van der Waals surface area contributed by atoms with Gasteiger partial charge in [0.25, 0.3) is 0 Å². The van der Waals surface area contributed by atoms with Gasteiger partial charge < -0.3 is 9.80 Å². The zero-order chi connectivity index (χ0) is 24.2. The molecule has 3 heterocycles. The Kier molecular flexibility index (Phi) is 7.22. The quantitative estimate of drug-likeness (QED) is 0.327. The normalized spacial score (nSPS) is 13.8. The molecule has 10 heteroatoms. The molecular formula is C25H22Cl2N6OS. The van der Waals surface area contributed by atoms with Gasteiger partial charge in [-0.15, -0.1) is 10.2 Å². The van der Waals surface area contributed by atoms with Gasteiger partial charge in [0.15, 0.2) is 11.0 Å². The Balaban J connectivity index is 1.30. The Bertz CT molecular complexity index is 1320. The number of hydrogen-bond donors (Lipinski definition) is 0. The summed E-state index contributed by atoms with van der Waals surface area (Å²) in [5, 5.41) is 10.7. The largest absolute Gasteiger partial charge is 0.368 e. The zero-order valence-corrected chi connectivity index (χ0v) is 21.0. The number of aromatic nitrogens is 4. The number of thioether (sulfide) groups is 1. The predicted octanol–water partition coefficient (Wildman–Crippen LogP) is 5.08. The van der Waals surface area contributed by atoms with E-state index >= 15 is 0 Å². The van der Waals surface area contributed by atoms with Crippen LogP contribution < -0.4 is 4.90 Å². The van der Waals surface area contributed by atoms with Gasteiger partial charge in [-0.2, -0.15) is 0 Å². The van der Waals surface area contributed by atoms with Crippen LogP contribution in [0.1, 0.15) is 0 Å². The molecule has 35 heavy (non-hydrogen) atoms. The SMILES string of the molecule is O=C(CSc1nnc(-c2ccncc2)n1-c1ccccc1Cl)N1CCN(c2cccc(Cl)c2)CC1. The molecule has 1 fully saturated rings. The molecule has 0 unspecified atom stereocenters. The van der Waals surface area contributed by atoms with Gasteiger partial charge in [-0.25, -0.2) is 0 Å². The van der Waals surface area contributed by atoms with Crippen molar-refractivity contribution in [1.82, 2.24) is 24.6 Å². The maximum Gasteiger partial charge on any atom is 0.233 e. The number of benzene rings is 2. The highest BCUT2D eigenvalue weighted by molar-refractivity contribution is 7.99. The summed E-state index contributed by atoms with van der Waals surface area (Å²) in [5.74, 6) is 0.973. The number of nitrogens with zero attached hydrogens (tertiary/aromatic N) is 6. The van der Waals surface area contributed by atoms with E-state index in [1.807, 2.05) is 70.1 Å². The minimum atomic E-state index is 0.0694. The predicted molar refractivity (Wildman–Crippen MR) is 141 cm³/mol. The number of carbonyl (C=O) groups excluding carboxylic acids is 1.